The van der Waals surface area contributed by atoms with Gasteiger partial charge in [0, 0.05) is 6.54 Å². The maximum absolute atomic E-state index is 3.83. The zero-order valence-electron chi connectivity index (χ0n) is 8.60. The molecule has 0 aromatic heterocycles. The van der Waals surface area contributed by atoms with Crippen LogP contribution in [0.4, 0.5) is 0 Å². The molecule has 1 nitrogen and oxygen atoms in total. The van der Waals surface area contributed by atoms with Gasteiger partial charge in [-0.2, -0.15) is 11.2 Å². The fourth-order valence-corrected chi connectivity index (χ4v) is 4.11. The van der Waals surface area contributed by atoms with Gasteiger partial charge in [0.1, 0.15) is 7.22 Å². The minimum Gasteiger partial charge on any atom is -0.301 e. The van der Waals surface area contributed by atoms with Crippen molar-refractivity contribution in [3.05, 3.63) is 0 Å². The summed E-state index contributed by atoms with van der Waals surface area (Å²) in [5, 5.41) is 0. The molecule has 0 radical (unpaired) electrons. The van der Waals surface area contributed by atoms with Gasteiger partial charge in [-0.3, -0.25) is 0 Å². The SMILES string of the molecule is C=NCCCCCS[Si](C)(C)C. The lowest BCUT2D eigenvalue weighted by Gasteiger charge is -2.14. The molecule has 0 aliphatic rings. The van der Waals surface area contributed by atoms with Gasteiger partial charge in [-0.25, -0.2) is 0 Å². The fourth-order valence-electron chi connectivity index (χ4n) is 0.881. The third kappa shape index (κ3) is 10.2. The molecular weight excluding hydrogens is 182 g/mol. The zero-order valence-corrected chi connectivity index (χ0v) is 10.4. The first-order valence-corrected chi connectivity index (χ1v) is 9.84. The van der Waals surface area contributed by atoms with Crippen molar-refractivity contribution >= 4 is 25.2 Å². The molecule has 0 rings (SSSR count). The van der Waals surface area contributed by atoms with Crippen molar-refractivity contribution in [3.8, 4) is 0 Å². The number of nitrogens with zero attached hydrogens (tertiary/aromatic N) is 1. The standard InChI is InChI=1S/C9H21NSSi/c1-10-8-6-5-7-9-11-12(2,3)4/h1,5-9H2,2-4H3. The highest BCUT2D eigenvalue weighted by atomic mass is 32.4. The third-order valence-electron chi connectivity index (χ3n) is 1.50. The molecule has 0 heterocycles. The molecule has 0 spiro atoms. The molecule has 0 aliphatic heterocycles. The number of aliphatic imine (C=N–C) groups is 1. The average molecular weight is 203 g/mol. The lowest BCUT2D eigenvalue weighted by atomic mass is 10.2. The normalized spacial score (nSPS) is 11.6. The first-order chi connectivity index (χ1) is 5.56. The van der Waals surface area contributed by atoms with Crippen LogP contribution in [0.1, 0.15) is 19.3 Å². The maximum atomic E-state index is 3.83. The van der Waals surface area contributed by atoms with Crippen LogP contribution in [0.3, 0.4) is 0 Å². The number of hydrogen-bond donors (Lipinski definition) is 0. The van der Waals surface area contributed by atoms with Crippen molar-refractivity contribution in [3.63, 3.8) is 0 Å². The monoisotopic (exact) mass is 203 g/mol. The molecule has 12 heavy (non-hydrogen) atoms. The molecular formula is C9H21NSSi. The lowest BCUT2D eigenvalue weighted by molar-refractivity contribution is 0.736. The van der Waals surface area contributed by atoms with Gasteiger partial charge in [-0.05, 0) is 25.3 Å². The summed E-state index contributed by atoms with van der Waals surface area (Å²) in [5.41, 5.74) is 0. The highest BCUT2D eigenvalue weighted by Crippen LogP contribution is 2.20. The Labute approximate surface area is 81.7 Å². The van der Waals surface area contributed by atoms with Crippen molar-refractivity contribution < 1.29 is 0 Å². The van der Waals surface area contributed by atoms with Crippen LogP contribution in [0, 0.1) is 0 Å². The molecule has 0 atom stereocenters. The van der Waals surface area contributed by atoms with E-state index >= 15 is 0 Å². The Morgan fingerprint density at radius 3 is 2.33 bits per heavy atom. The van der Waals surface area contributed by atoms with E-state index in [9.17, 15) is 0 Å². The summed E-state index contributed by atoms with van der Waals surface area (Å²) in [7, 11) is -0.845. The second-order valence-electron chi connectivity index (χ2n) is 3.97. The Morgan fingerprint density at radius 2 is 1.83 bits per heavy atom. The summed E-state index contributed by atoms with van der Waals surface area (Å²) < 4.78 is 0. The minimum absolute atomic E-state index is 0.845. The van der Waals surface area contributed by atoms with E-state index < -0.39 is 7.22 Å². The first kappa shape index (κ1) is 12.2. The van der Waals surface area contributed by atoms with E-state index in [-0.39, 0.29) is 0 Å². The molecule has 0 aromatic rings. The van der Waals surface area contributed by atoms with E-state index in [2.05, 4.69) is 42.6 Å². The fraction of sp³-hybridized carbons (Fsp3) is 0.889. The van der Waals surface area contributed by atoms with Crippen LogP contribution in [0.5, 0.6) is 0 Å². The molecule has 0 aromatic carbocycles. The number of rotatable bonds is 7. The topological polar surface area (TPSA) is 12.4 Å². The van der Waals surface area contributed by atoms with Gasteiger partial charge < -0.3 is 4.99 Å². The van der Waals surface area contributed by atoms with E-state index in [1.54, 1.807) is 0 Å². The van der Waals surface area contributed by atoms with Gasteiger partial charge in [0.25, 0.3) is 0 Å². The summed E-state index contributed by atoms with van der Waals surface area (Å²) in [6, 6.07) is 0. The van der Waals surface area contributed by atoms with Crippen molar-refractivity contribution in [1.82, 2.24) is 0 Å². The molecule has 0 fully saturated rings. The summed E-state index contributed by atoms with van der Waals surface area (Å²) in [6.07, 6.45) is 3.89. The van der Waals surface area contributed by atoms with Gasteiger partial charge in [0.05, 0.1) is 0 Å². The van der Waals surface area contributed by atoms with E-state index in [1.165, 1.54) is 25.0 Å². The number of unbranched alkanes of at least 4 members (excludes halogenated alkanes) is 2. The van der Waals surface area contributed by atoms with Crippen molar-refractivity contribution in [2.24, 2.45) is 4.99 Å². The van der Waals surface area contributed by atoms with Crippen molar-refractivity contribution in [2.75, 3.05) is 12.3 Å². The van der Waals surface area contributed by atoms with Crippen LogP contribution in [0.15, 0.2) is 4.99 Å². The van der Waals surface area contributed by atoms with E-state index in [1.807, 2.05) is 0 Å². The molecule has 0 amide bonds. The van der Waals surface area contributed by atoms with Crippen molar-refractivity contribution in [1.29, 1.82) is 0 Å². The largest absolute Gasteiger partial charge is 0.301 e. The van der Waals surface area contributed by atoms with Gasteiger partial charge >= 0.3 is 0 Å². The molecule has 0 bridgehead atoms. The smallest absolute Gasteiger partial charge is 0.108 e. The predicted octanol–water partition coefficient (Wildman–Crippen LogP) is 3.43. The van der Waals surface area contributed by atoms with Gasteiger partial charge in [0.15, 0.2) is 0 Å². The van der Waals surface area contributed by atoms with Crippen LogP contribution in [0.2, 0.25) is 19.6 Å². The molecule has 0 saturated carbocycles. The van der Waals surface area contributed by atoms with E-state index in [0.717, 1.165) is 6.54 Å². The Morgan fingerprint density at radius 1 is 1.17 bits per heavy atom. The summed E-state index contributed by atoms with van der Waals surface area (Å²) in [4.78, 5) is 3.83. The highest BCUT2D eigenvalue weighted by molar-refractivity contribution is 8.28. The molecule has 0 unspecified atom stereocenters. The Hall–Kier alpha value is 0.237. The third-order valence-corrected chi connectivity index (χ3v) is 6.06. The summed E-state index contributed by atoms with van der Waals surface area (Å²) >= 11 is 2.18. The summed E-state index contributed by atoms with van der Waals surface area (Å²) in [6.45, 7) is 11.6. The second kappa shape index (κ2) is 6.72. The van der Waals surface area contributed by atoms with Crippen molar-refractivity contribution in [2.45, 2.75) is 38.9 Å². The molecule has 0 N–H and O–H groups in total. The van der Waals surface area contributed by atoms with Gasteiger partial charge in [0.2, 0.25) is 0 Å². The van der Waals surface area contributed by atoms with Crippen LogP contribution in [-0.2, 0) is 0 Å². The Bertz CT molecular complexity index is 120. The zero-order chi connectivity index (χ0) is 9.45. The molecule has 0 saturated heterocycles. The quantitative estimate of drug-likeness (QED) is 0.351. The van der Waals surface area contributed by atoms with Gasteiger partial charge in [-0.15, -0.1) is 0 Å². The highest BCUT2D eigenvalue weighted by Gasteiger charge is 2.12. The van der Waals surface area contributed by atoms with Crippen LogP contribution in [-0.4, -0.2) is 26.2 Å². The van der Waals surface area contributed by atoms with E-state index in [4.69, 9.17) is 0 Å². The van der Waals surface area contributed by atoms with Crippen LogP contribution >= 0.6 is 11.2 Å². The Kier molecular flexibility index (Phi) is 6.85. The lowest BCUT2D eigenvalue weighted by Crippen LogP contribution is -2.14. The number of hydrogen-bond acceptors (Lipinski definition) is 2. The first-order valence-electron chi connectivity index (χ1n) is 4.63. The van der Waals surface area contributed by atoms with Gasteiger partial charge in [-0.1, -0.05) is 26.1 Å². The molecule has 72 valence electrons. The molecule has 0 aliphatic carbocycles. The average Bonchev–Trinajstić information content (AvgIpc) is 1.94. The Balaban J connectivity index is 3.06. The maximum Gasteiger partial charge on any atom is 0.108 e. The summed E-state index contributed by atoms with van der Waals surface area (Å²) in [5.74, 6) is 1.34. The molecule has 3 heteroatoms. The minimum atomic E-state index is -0.845. The van der Waals surface area contributed by atoms with Crippen LogP contribution < -0.4 is 0 Å². The predicted molar refractivity (Wildman–Crippen MR) is 64.1 cm³/mol. The second-order valence-corrected chi connectivity index (χ2v) is 13.4. The van der Waals surface area contributed by atoms with Crippen LogP contribution in [0.25, 0.3) is 0 Å². The van der Waals surface area contributed by atoms with E-state index in [0.29, 0.717) is 0 Å².